The van der Waals surface area contributed by atoms with E-state index < -0.39 is 0 Å². The molecule has 0 aromatic heterocycles. The van der Waals surface area contributed by atoms with E-state index in [9.17, 15) is 4.79 Å². The van der Waals surface area contributed by atoms with Crippen LogP contribution in [0.5, 0.6) is 5.75 Å². The highest BCUT2D eigenvalue weighted by molar-refractivity contribution is 6.06. The number of carbonyl (C=O) groups is 1. The summed E-state index contributed by atoms with van der Waals surface area (Å²) in [5.41, 5.74) is 1.69. The molecule has 0 aliphatic carbocycles. The Morgan fingerprint density at radius 3 is 2.41 bits per heavy atom. The molecule has 0 fully saturated rings. The first-order valence-electron chi connectivity index (χ1n) is 7.69. The molecule has 0 radical (unpaired) electrons. The van der Waals surface area contributed by atoms with Gasteiger partial charge in [0.2, 0.25) is 0 Å². The third-order valence-corrected chi connectivity index (χ3v) is 3.60. The zero-order chi connectivity index (χ0) is 15.8. The minimum absolute atomic E-state index is 0.00247. The van der Waals surface area contributed by atoms with E-state index in [1.54, 1.807) is 6.08 Å². The number of allylic oxidation sites excluding steroid dienone is 1. The second kappa shape index (κ2) is 8.18. The summed E-state index contributed by atoms with van der Waals surface area (Å²) >= 11 is 0. The van der Waals surface area contributed by atoms with Gasteiger partial charge in [-0.05, 0) is 41.8 Å². The van der Waals surface area contributed by atoms with Gasteiger partial charge in [-0.3, -0.25) is 4.79 Å². The maximum Gasteiger partial charge on any atom is 0.185 e. The molecule has 0 spiro atoms. The fourth-order valence-electron chi connectivity index (χ4n) is 1.90. The number of hydrogen-bond donors (Lipinski definition) is 0. The monoisotopic (exact) mass is 294 g/mol. The Morgan fingerprint density at radius 1 is 1.09 bits per heavy atom. The van der Waals surface area contributed by atoms with Gasteiger partial charge in [0.1, 0.15) is 5.75 Å². The quantitative estimate of drug-likeness (QED) is 0.530. The Hall–Kier alpha value is -2.35. The molecule has 0 bridgehead atoms. The number of ether oxygens (including phenoxy) is 1. The molecule has 2 aromatic carbocycles. The maximum atomic E-state index is 12.1. The molecule has 2 rings (SSSR count). The first kappa shape index (κ1) is 16.0. The van der Waals surface area contributed by atoms with Gasteiger partial charge in [-0.15, -0.1) is 0 Å². The second-order valence-corrected chi connectivity index (χ2v) is 5.46. The summed E-state index contributed by atoms with van der Waals surface area (Å²) in [5, 5.41) is 0. The lowest BCUT2D eigenvalue weighted by molar-refractivity contribution is 0.104. The van der Waals surface area contributed by atoms with Crippen molar-refractivity contribution < 1.29 is 9.53 Å². The molecule has 1 unspecified atom stereocenters. The lowest BCUT2D eigenvalue weighted by Gasteiger charge is -2.10. The second-order valence-electron chi connectivity index (χ2n) is 5.46. The van der Waals surface area contributed by atoms with E-state index in [2.05, 4.69) is 13.8 Å². The summed E-state index contributed by atoms with van der Waals surface area (Å²) in [6.45, 7) is 5.01. The van der Waals surface area contributed by atoms with Crippen molar-refractivity contribution in [3.8, 4) is 5.75 Å². The number of benzene rings is 2. The van der Waals surface area contributed by atoms with E-state index >= 15 is 0 Å². The Bertz CT molecular complexity index is 612. The van der Waals surface area contributed by atoms with Crippen LogP contribution in [0.25, 0.3) is 6.08 Å². The predicted octanol–water partition coefficient (Wildman–Crippen LogP) is 5.01. The average Bonchev–Trinajstić information content (AvgIpc) is 2.59. The van der Waals surface area contributed by atoms with Crippen LogP contribution in [0.3, 0.4) is 0 Å². The van der Waals surface area contributed by atoms with Crippen molar-refractivity contribution in [1.82, 2.24) is 0 Å². The summed E-state index contributed by atoms with van der Waals surface area (Å²) in [6.07, 6.45) is 4.53. The highest BCUT2D eigenvalue weighted by atomic mass is 16.5. The normalized spacial score (nSPS) is 12.3. The molecule has 0 aliphatic rings. The Balaban J connectivity index is 1.95. The Labute approximate surface area is 132 Å². The number of ketones is 1. The van der Waals surface area contributed by atoms with Crippen molar-refractivity contribution in [1.29, 1.82) is 0 Å². The first-order valence-corrected chi connectivity index (χ1v) is 7.69. The summed E-state index contributed by atoms with van der Waals surface area (Å²) in [4.78, 5) is 12.1. The molecular formula is C20H22O2. The van der Waals surface area contributed by atoms with Crippen LogP contribution in [0.1, 0.15) is 36.2 Å². The summed E-state index contributed by atoms with van der Waals surface area (Å²) in [7, 11) is 0. The summed E-state index contributed by atoms with van der Waals surface area (Å²) in [5.74, 6) is 1.34. The van der Waals surface area contributed by atoms with Crippen molar-refractivity contribution >= 4 is 11.9 Å². The van der Waals surface area contributed by atoms with E-state index in [1.807, 2.05) is 60.7 Å². The predicted molar refractivity (Wildman–Crippen MR) is 91.2 cm³/mol. The number of rotatable bonds is 7. The van der Waals surface area contributed by atoms with Crippen molar-refractivity contribution in [2.45, 2.75) is 20.3 Å². The molecule has 1 atom stereocenters. The van der Waals surface area contributed by atoms with Crippen molar-refractivity contribution in [3.05, 3.63) is 71.8 Å². The first-order chi connectivity index (χ1) is 10.7. The van der Waals surface area contributed by atoms with E-state index in [1.165, 1.54) is 0 Å². The molecule has 0 saturated carbocycles. The van der Waals surface area contributed by atoms with E-state index in [-0.39, 0.29) is 5.78 Å². The zero-order valence-electron chi connectivity index (χ0n) is 13.2. The minimum Gasteiger partial charge on any atom is -0.493 e. The SMILES string of the molecule is CCC(C)COc1ccc(C(=O)/C=C/c2ccccc2)cc1. The Kier molecular flexibility index (Phi) is 5.96. The number of carbonyl (C=O) groups excluding carboxylic acids is 1. The molecule has 0 aliphatic heterocycles. The van der Waals surface area contributed by atoms with Gasteiger partial charge in [-0.25, -0.2) is 0 Å². The molecule has 2 aromatic rings. The highest BCUT2D eigenvalue weighted by Crippen LogP contribution is 2.15. The third-order valence-electron chi connectivity index (χ3n) is 3.60. The van der Waals surface area contributed by atoms with Gasteiger partial charge in [0.25, 0.3) is 0 Å². The van der Waals surface area contributed by atoms with Crippen LogP contribution in [0.2, 0.25) is 0 Å². The van der Waals surface area contributed by atoms with Crippen LogP contribution in [-0.4, -0.2) is 12.4 Å². The molecular weight excluding hydrogens is 272 g/mol. The molecule has 22 heavy (non-hydrogen) atoms. The van der Waals surface area contributed by atoms with Crippen molar-refractivity contribution in [2.24, 2.45) is 5.92 Å². The standard InChI is InChI=1S/C20H22O2/c1-3-16(2)15-22-19-12-10-18(11-13-19)20(21)14-9-17-7-5-4-6-8-17/h4-14,16H,3,15H2,1-2H3/b14-9+. The van der Waals surface area contributed by atoms with Crippen LogP contribution in [0, 0.1) is 5.92 Å². The Morgan fingerprint density at radius 2 is 1.77 bits per heavy atom. The van der Waals surface area contributed by atoms with Crippen LogP contribution in [0.4, 0.5) is 0 Å². The lowest BCUT2D eigenvalue weighted by Crippen LogP contribution is -2.07. The summed E-state index contributed by atoms with van der Waals surface area (Å²) in [6, 6.07) is 17.1. The molecule has 2 heteroatoms. The van der Waals surface area contributed by atoms with Gasteiger partial charge in [0.05, 0.1) is 6.61 Å². The maximum absolute atomic E-state index is 12.1. The van der Waals surface area contributed by atoms with Gasteiger partial charge in [-0.1, -0.05) is 56.7 Å². The fourth-order valence-corrected chi connectivity index (χ4v) is 1.90. The van der Waals surface area contributed by atoms with Gasteiger partial charge < -0.3 is 4.74 Å². The fraction of sp³-hybridized carbons (Fsp3) is 0.250. The van der Waals surface area contributed by atoms with Gasteiger partial charge in [0.15, 0.2) is 5.78 Å². The molecule has 114 valence electrons. The average molecular weight is 294 g/mol. The topological polar surface area (TPSA) is 26.3 Å². The van der Waals surface area contributed by atoms with E-state index in [0.717, 1.165) is 17.7 Å². The summed E-state index contributed by atoms with van der Waals surface area (Å²) < 4.78 is 5.69. The van der Waals surface area contributed by atoms with Crippen molar-refractivity contribution in [3.63, 3.8) is 0 Å². The molecule has 0 heterocycles. The van der Waals surface area contributed by atoms with Crippen LogP contribution in [-0.2, 0) is 0 Å². The largest absolute Gasteiger partial charge is 0.493 e. The highest BCUT2D eigenvalue weighted by Gasteiger charge is 2.04. The smallest absolute Gasteiger partial charge is 0.185 e. The van der Waals surface area contributed by atoms with Crippen LogP contribution in [0.15, 0.2) is 60.7 Å². The number of hydrogen-bond acceptors (Lipinski definition) is 2. The zero-order valence-corrected chi connectivity index (χ0v) is 13.2. The molecule has 0 N–H and O–H groups in total. The van der Waals surface area contributed by atoms with E-state index in [0.29, 0.717) is 18.1 Å². The van der Waals surface area contributed by atoms with Crippen LogP contribution >= 0.6 is 0 Å². The van der Waals surface area contributed by atoms with Gasteiger partial charge >= 0.3 is 0 Å². The van der Waals surface area contributed by atoms with Crippen LogP contribution < -0.4 is 4.74 Å². The minimum atomic E-state index is -0.00247. The lowest BCUT2D eigenvalue weighted by atomic mass is 10.1. The van der Waals surface area contributed by atoms with E-state index in [4.69, 9.17) is 4.74 Å². The van der Waals surface area contributed by atoms with Gasteiger partial charge in [0, 0.05) is 5.56 Å². The third kappa shape index (κ3) is 4.88. The molecule has 0 amide bonds. The van der Waals surface area contributed by atoms with Gasteiger partial charge in [-0.2, -0.15) is 0 Å². The van der Waals surface area contributed by atoms with Crippen molar-refractivity contribution in [2.75, 3.05) is 6.61 Å². The molecule has 0 saturated heterocycles. The molecule has 2 nitrogen and oxygen atoms in total.